The molecule has 3 rings (SSSR count). The molecule has 0 radical (unpaired) electrons. The molecule has 2 aromatic rings. The molecule has 0 aromatic heterocycles. The van der Waals surface area contributed by atoms with E-state index in [0.29, 0.717) is 6.07 Å². The zero-order chi connectivity index (χ0) is 19.7. The van der Waals surface area contributed by atoms with Gasteiger partial charge in [-0.1, -0.05) is 23.7 Å². The monoisotopic (exact) mass is 400 g/mol. The van der Waals surface area contributed by atoms with E-state index >= 15 is 0 Å². The van der Waals surface area contributed by atoms with Crippen LogP contribution in [0.1, 0.15) is 18.4 Å². The Hall–Kier alpha value is -2.61. The highest BCUT2D eigenvalue weighted by Crippen LogP contribution is 2.34. The Morgan fingerprint density at radius 2 is 1.85 bits per heavy atom. The molecule has 0 bridgehead atoms. The summed E-state index contributed by atoms with van der Waals surface area (Å²) in [5, 5.41) is 2.15. The van der Waals surface area contributed by atoms with Crippen LogP contribution in [0, 0.1) is 17.6 Å². The lowest BCUT2D eigenvalue weighted by Gasteiger charge is -2.17. The van der Waals surface area contributed by atoms with Crippen LogP contribution in [-0.2, 0) is 9.59 Å². The molecule has 27 heavy (non-hydrogen) atoms. The van der Waals surface area contributed by atoms with Crippen molar-refractivity contribution in [2.24, 2.45) is 5.92 Å². The predicted molar refractivity (Wildman–Crippen MR) is 91.9 cm³/mol. The van der Waals surface area contributed by atoms with Crippen molar-refractivity contribution in [1.29, 1.82) is 0 Å². The second-order valence-electron chi connectivity index (χ2n) is 6.03. The average Bonchev–Trinajstić information content (AvgIpc) is 2.97. The van der Waals surface area contributed by atoms with Gasteiger partial charge < -0.3 is 10.2 Å². The molecule has 0 spiro atoms. The fourth-order valence-corrected chi connectivity index (χ4v) is 3.13. The first-order chi connectivity index (χ1) is 12.8. The van der Waals surface area contributed by atoms with Crippen molar-refractivity contribution in [3.63, 3.8) is 0 Å². The maximum atomic E-state index is 13.4. The number of benzene rings is 2. The number of alkyl halides is 2. The van der Waals surface area contributed by atoms with E-state index in [1.54, 1.807) is 0 Å². The van der Waals surface area contributed by atoms with Crippen molar-refractivity contribution in [3.05, 3.63) is 58.6 Å². The topological polar surface area (TPSA) is 49.4 Å². The van der Waals surface area contributed by atoms with Gasteiger partial charge in [0, 0.05) is 30.3 Å². The molecule has 4 nitrogen and oxygen atoms in total. The Morgan fingerprint density at radius 1 is 1.19 bits per heavy atom. The largest absolute Gasteiger partial charge is 0.324 e. The van der Waals surface area contributed by atoms with Crippen LogP contribution in [-0.4, -0.2) is 18.4 Å². The summed E-state index contributed by atoms with van der Waals surface area (Å²) in [5.74, 6) is -3.60. The van der Waals surface area contributed by atoms with Crippen molar-refractivity contribution >= 4 is 34.8 Å². The van der Waals surface area contributed by atoms with E-state index in [4.69, 9.17) is 11.6 Å². The fraction of sp³-hybridized carbons (Fsp3) is 0.222. The summed E-state index contributed by atoms with van der Waals surface area (Å²) in [7, 11) is 0. The van der Waals surface area contributed by atoms with E-state index in [1.807, 2.05) is 0 Å². The molecule has 9 heteroatoms. The number of hydrogen-bond acceptors (Lipinski definition) is 2. The molecule has 1 unspecified atom stereocenters. The molecule has 2 aromatic carbocycles. The van der Waals surface area contributed by atoms with Gasteiger partial charge in [-0.2, -0.15) is 0 Å². The molecule has 1 atom stereocenters. The normalized spacial score (nSPS) is 16.9. The first kappa shape index (κ1) is 19.2. The zero-order valence-corrected chi connectivity index (χ0v) is 14.4. The Labute approximate surface area is 156 Å². The molecular weight excluding hydrogens is 388 g/mol. The number of hydrogen-bond donors (Lipinski definition) is 1. The fourth-order valence-electron chi connectivity index (χ4n) is 2.88. The van der Waals surface area contributed by atoms with Gasteiger partial charge >= 0.3 is 0 Å². The van der Waals surface area contributed by atoms with Gasteiger partial charge in [0.1, 0.15) is 11.6 Å². The van der Waals surface area contributed by atoms with E-state index in [-0.39, 0.29) is 29.4 Å². The van der Waals surface area contributed by atoms with Gasteiger partial charge in [-0.15, -0.1) is 0 Å². The van der Waals surface area contributed by atoms with E-state index in [9.17, 15) is 27.2 Å². The van der Waals surface area contributed by atoms with Crippen LogP contribution < -0.4 is 10.2 Å². The predicted octanol–water partition coefficient (Wildman–Crippen LogP) is 4.55. The van der Waals surface area contributed by atoms with Crippen LogP contribution in [0.25, 0.3) is 0 Å². The Bertz CT molecular complexity index is 887. The number of carbonyl (C=O) groups excluding carboxylic acids is 2. The first-order valence-electron chi connectivity index (χ1n) is 7.90. The second-order valence-corrected chi connectivity index (χ2v) is 6.41. The summed E-state index contributed by atoms with van der Waals surface area (Å²) >= 11 is 5.89. The zero-order valence-electron chi connectivity index (χ0n) is 13.7. The highest BCUT2D eigenvalue weighted by molar-refractivity contribution is 6.34. The molecule has 2 amide bonds. The van der Waals surface area contributed by atoms with Crippen LogP contribution in [0.3, 0.4) is 0 Å². The summed E-state index contributed by atoms with van der Waals surface area (Å²) in [6, 6.07) is 6.48. The maximum absolute atomic E-state index is 13.4. The van der Waals surface area contributed by atoms with Crippen LogP contribution >= 0.6 is 11.6 Å². The minimum atomic E-state index is -2.80. The number of carbonyl (C=O) groups is 2. The first-order valence-corrected chi connectivity index (χ1v) is 8.28. The Morgan fingerprint density at radius 3 is 2.48 bits per heavy atom. The van der Waals surface area contributed by atoms with E-state index in [0.717, 1.165) is 23.1 Å². The van der Waals surface area contributed by atoms with Gasteiger partial charge in [-0.3, -0.25) is 9.59 Å². The Kier molecular flexibility index (Phi) is 5.36. The van der Waals surface area contributed by atoms with Gasteiger partial charge in [0.05, 0.1) is 16.6 Å². The van der Waals surface area contributed by atoms with Gasteiger partial charge in [0.15, 0.2) is 0 Å². The maximum Gasteiger partial charge on any atom is 0.265 e. The van der Waals surface area contributed by atoms with Crippen LogP contribution in [0.5, 0.6) is 0 Å². The standard InChI is InChI=1S/C18H13ClF4N2O2/c19-16-13(17(22)23)2-1-3-14(16)24-18(27)9-4-15(26)25(8-9)12-6-10(20)5-11(21)7-12/h1-3,5-7,9,17H,4,8H2,(H,24,27). The third kappa shape index (κ3) is 4.05. The summed E-state index contributed by atoms with van der Waals surface area (Å²) in [6.45, 7) is -0.0975. The summed E-state index contributed by atoms with van der Waals surface area (Å²) in [5.41, 5.74) is -0.415. The molecule has 1 heterocycles. The van der Waals surface area contributed by atoms with Gasteiger partial charge in [0.2, 0.25) is 11.8 Å². The number of halogens is 5. The van der Waals surface area contributed by atoms with Crippen molar-refractivity contribution in [2.75, 3.05) is 16.8 Å². The molecule has 1 N–H and O–H groups in total. The van der Waals surface area contributed by atoms with Crippen molar-refractivity contribution in [1.82, 2.24) is 0 Å². The van der Waals surface area contributed by atoms with Gasteiger partial charge in [0.25, 0.3) is 6.43 Å². The lowest BCUT2D eigenvalue weighted by molar-refractivity contribution is -0.122. The number of rotatable bonds is 4. The molecule has 1 fully saturated rings. The van der Waals surface area contributed by atoms with E-state index in [2.05, 4.69) is 5.32 Å². The van der Waals surface area contributed by atoms with Crippen LogP contribution in [0.15, 0.2) is 36.4 Å². The third-order valence-corrected chi connectivity index (χ3v) is 4.60. The minimum absolute atomic E-state index is 0.00201. The molecule has 0 aliphatic carbocycles. The van der Waals surface area contributed by atoms with Crippen LogP contribution in [0.4, 0.5) is 28.9 Å². The molecule has 0 saturated carbocycles. The quantitative estimate of drug-likeness (QED) is 0.766. The highest BCUT2D eigenvalue weighted by atomic mass is 35.5. The molecule has 142 valence electrons. The number of anilines is 2. The SMILES string of the molecule is O=C(Nc1cccc(C(F)F)c1Cl)C1CC(=O)N(c2cc(F)cc(F)c2)C1. The third-order valence-electron chi connectivity index (χ3n) is 4.18. The molecular formula is C18H13ClF4N2O2. The number of nitrogens with one attached hydrogen (secondary N) is 1. The Balaban J connectivity index is 1.76. The lowest BCUT2D eigenvalue weighted by atomic mass is 10.1. The molecule has 1 aliphatic heterocycles. The van der Waals surface area contributed by atoms with Crippen LogP contribution in [0.2, 0.25) is 5.02 Å². The minimum Gasteiger partial charge on any atom is -0.324 e. The van der Waals surface area contributed by atoms with Gasteiger partial charge in [-0.05, 0) is 18.2 Å². The van der Waals surface area contributed by atoms with Crippen molar-refractivity contribution in [3.8, 4) is 0 Å². The number of nitrogens with zero attached hydrogens (tertiary/aromatic N) is 1. The average molecular weight is 401 g/mol. The van der Waals surface area contributed by atoms with E-state index in [1.165, 1.54) is 12.1 Å². The van der Waals surface area contributed by atoms with Crippen molar-refractivity contribution in [2.45, 2.75) is 12.8 Å². The van der Waals surface area contributed by atoms with E-state index < -0.39 is 41.4 Å². The van der Waals surface area contributed by atoms with Crippen molar-refractivity contribution < 1.29 is 27.2 Å². The smallest absolute Gasteiger partial charge is 0.265 e. The summed E-state index contributed by atoms with van der Waals surface area (Å²) < 4.78 is 52.5. The molecule has 1 aliphatic rings. The molecule has 1 saturated heterocycles. The summed E-state index contributed by atoms with van der Waals surface area (Å²) in [4.78, 5) is 25.7. The highest BCUT2D eigenvalue weighted by Gasteiger charge is 2.35. The lowest BCUT2D eigenvalue weighted by Crippen LogP contribution is -2.28. The number of amides is 2. The second kappa shape index (κ2) is 7.56. The summed E-state index contributed by atoms with van der Waals surface area (Å²) in [6.07, 6.45) is -2.99. The van der Waals surface area contributed by atoms with Gasteiger partial charge in [-0.25, -0.2) is 17.6 Å².